The zero-order chi connectivity index (χ0) is 17.4. The van der Waals surface area contributed by atoms with Gasteiger partial charge in [-0.15, -0.1) is 0 Å². The number of aromatic nitrogens is 2. The van der Waals surface area contributed by atoms with E-state index in [1.165, 1.54) is 0 Å². The van der Waals surface area contributed by atoms with E-state index in [4.69, 9.17) is 4.99 Å². The number of fused-ring (bicyclic) bond motifs is 3. The summed E-state index contributed by atoms with van der Waals surface area (Å²) in [4.78, 5) is 31.7. The number of Topliss-reactive ketones (excluding diaryl/α,β-unsaturated/α-hetero) is 1. The van der Waals surface area contributed by atoms with E-state index in [0.717, 1.165) is 27.0 Å². The average molecular weight is 394 g/mol. The van der Waals surface area contributed by atoms with Crippen molar-refractivity contribution in [3.8, 4) is 5.69 Å². The summed E-state index contributed by atoms with van der Waals surface area (Å²) in [5.74, 6) is -0.634. The van der Waals surface area contributed by atoms with Crippen LogP contribution in [-0.4, -0.2) is 27.3 Å². The van der Waals surface area contributed by atoms with Crippen LogP contribution in [0.5, 0.6) is 0 Å². The summed E-state index contributed by atoms with van der Waals surface area (Å²) in [7, 11) is 0. The van der Waals surface area contributed by atoms with Crippen molar-refractivity contribution in [3.05, 3.63) is 81.8 Å². The number of nitrogens with zero attached hydrogens (tertiary/aromatic N) is 3. The first-order valence-corrected chi connectivity index (χ1v) is 8.44. The van der Waals surface area contributed by atoms with Gasteiger partial charge in [0.05, 0.1) is 23.6 Å². The molecule has 122 valence electrons. The van der Waals surface area contributed by atoms with Crippen LogP contribution in [-0.2, 0) is 11.3 Å². The molecule has 0 fully saturated rings. The SMILES string of the molecule is O=CC(=O)c1ncn2c1CN=C(c1ccccc1)c1cc(Br)ccc1-2. The first-order valence-electron chi connectivity index (χ1n) is 7.65. The highest BCUT2D eigenvalue weighted by Crippen LogP contribution is 2.29. The zero-order valence-electron chi connectivity index (χ0n) is 13.0. The number of imidazole rings is 1. The minimum atomic E-state index is -0.634. The highest BCUT2D eigenvalue weighted by Gasteiger charge is 2.24. The van der Waals surface area contributed by atoms with E-state index in [9.17, 15) is 9.59 Å². The molecule has 1 aliphatic rings. The van der Waals surface area contributed by atoms with E-state index < -0.39 is 5.78 Å². The maximum atomic E-state index is 11.9. The normalized spacial score (nSPS) is 12.6. The third kappa shape index (κ3) is 2.64. The van der Waals surface area contributed by atoms with Crippen LogP contribution in [0.25, 0.3) is 5.69 Å². The molecule has 2 aromatic carbocycles. The van der Waals surface area contributed by atoms with Gasteiger partial charge < -0.3 is 0 Å². The van der Waals surface area contributed by atoms with E-state index >= 15 is 0 Å². The second kappa shape index (κ2) is 6.22. The number of hydrogen-bond acceptors (Lipinski definition) is 4. The smallest absolute Gasteiger partial charge is 0.245 e. The lowest BCUT2D eigenvalue weighted by atomic mass is 10.0. The topological polar surface area (TPSA) is 64.3 Å². The van der Waals surface area contributed by atoms with Gasteiger partial charge in [-0.25, -0.2) is 4.98 Å². The summed E-state index contributed by atoms with van der Waals surface area (Å²) in [5, 5.41) is 0. The van der Waals surface area contributed by atoms with Crippen LogP contribution in [0.4, 0.5) is 0 Å². The number of carbonyl (C=O) groups is 2. The fourth-order valence-electron chi connectivity index (χ4n) is 2.98. The Morgan fingerprint density at radius 1 is 1.16 bits per heavy atom. The Balaban J connectivity index is 1.98. The summed E-state index contributed by atoms with van der Waals surface area (Å²) in [6.07, 6.45) is 1.86. The Kier molecular flexibility index (Phi) is 3.89. The summed E-state index contributed by atoms with van der Waals surface area (Å²) in [5.41, 5.74) is 4.40. The largest absolute Gasteiger partial charge is 0.300 e. The van der Waals surface area contributed by atoms with E-state index in [1.807, 2.05) is 53.1 Å². The molecule has 2 heterocycles. The van der Waals surface area contributed by atoms with Gasteiger partial charge in [-0.1, -0.05) is 46.3 Å². The number of halogens is 1. The lowest BCUT2D eigenvalue weighted by Gasteiger charge is -2.12. The van der Waals surface area contributed by atoms with Crippen molar-refractivity contribution in [2.24, 2.45) is 4.99 Å². The molecule has 0 unspecified atom stereocenters. The highest BCUT2D eigenvalue weighted by molar-refractivity contribution is 9.10. The number of ketones is 1. The maximum Gasteiger partial charge on any atom is 0.245 e. The first kappa shape index (κ1) is 15.7. The molecule has 1 aromatic heterocycles. The van der Waals surface area contributed by atoms with Crippen LogP contribution in [0, 0.1) is 0 Å². The van der Waals surface area contributed by atoms with Crippen molar-refractivity contribution < 1.29 is 9.59 Å². The Morgan fingerprint density at radius 2 is 1.96 bits per heavy atom. The minimum absolute atomic E-state index is 0.155. The van der Waals surface area contributed by atoms with Crippen molar-refractivity contribution in [3.63, 3.8) is 0 Å². The Labute approximate surface area is 152 Å². The monoisotopic (exact) mass is 393 g/mol. The van der Waals surface area contributed by atoms with Crippen LogP contribution in [0.15, 0.2) is 64.3 Å². The molecule has 0 saturated heterocycles. The van der Waals surface area contributed by atoms with Gasteiger partial charge in [0, 0.05) is 15.6 Å². The predicted molar refractivity (Wildman–Crippen MR) is 97.4 cm³/mol. The van der Waals surface area contributed by atoms with Gasteiger partial charge in [0.2, 0.25) is 5.78 Å². The number of hydrogen-bond donors (Lipinski definition) is 0. The quantitative estimate of drug-likeness (QED) is 0.389. The molecule has 0 aliphatic carbocycles. The molecule has 0 bridgehead atoms. The number of benzene rings is 2. The summed E-state index contributed by atoms with van der Waals surface area (Å²) < 4.78 is 2.76. The van der Waals surface area contributed by atoms with Gasteiger partial charge in [-0.2, -0.15) is 0 Å². The van der Waals surface area contributed by atoms with E-state index in [-0.39, 0.29) is 12.2 Å². The highest BCUT2D eigenvalue weighted by atomic mass is 79.9. The van der Waals surface area contributed by atoms with Crippen LogP contribution in [0.3, 0.4) is 0 Å². The van der Waals surface area contributed by atoms with Gasteiger partial charge in [0.15, 0.2) is 6.29 Å². The Bertz CT molecular complexity index is 1020. The lowest BCUT2D eigenvalue weighted by molar-refractivity contribution is -0.104. The van der Waals surface area contributed by atoms with Gasteiger partial charge in [0.1, 0.15) is 12.0 Å². The molecule has 0 spiro atoms. The van der Waals surface area contributed by atoms with Gasteiger partial charge >= 0.3 is 0 Å². The van der Waals surface area contributed by atoms with Crippen molar-refractivity contribution in [1.29, 1.82) is 0 Å². The fraction of sp³-hybridized carbons (Fsp3) is 0.0526. The van der Waals surface area contributed by atoms with Gasteiger partial charge in [-0.3, -0.25) is 19.1 Å². The summed E-state index contributed by atoms with van der Waals surface area (Å²) >= 11 is 3.52. The number of aliphatic imine (C=N–C) groups is 1. The fourth-order valence-corrected chi connectivity index (χ4v) is 3.35. The molecule has 0 radical (unpaired) electrons. The van der Waals surface area contributed by atoms with E-state index in [0.29, 0.717) is 12.0 Å². The number of carbonyl (C=O) groups excluding carboxylic acids is 2. The van der Waals surface area contributed by atoms with Gasteiger partial charge in [0.25, 0.3) is 0 Å². The maximum absolute atomic E-state index is 11.9. The van der Waals surface area contributed by atoms with Crippen molar-refractivity contribution in [2.45, 2.75) is 6.54 Å². The molecular formula is C19H12BrN3O2. The Hall–Kier alpha value is -2.86. The molecule has 0 N–H and O–H groups in total. The van der Waals surface area contributed by atoms with Crippen LogP contribution in [0.1, 0.15) is 27.3 Å². The molecule has 3 aromatic rings. The first-order chi connectivity index (χ1) is 12.2. The third-order valence-corrected chi connectivity index (χ3v) is 4.61. The van der Waals surface area contributed by atoms with Crippen LogP contribution < -0.4 is 0 Å². The summed E-state index contributed by atoms with van der Waals surface area (Å²) in [6.45, 7) is 0.269. The molecule has 25 heavy (non-hydrogen) atoms. The molecule has 6 heteroatoms. The van der Waals surface area contributed by atoms with E-state index in [1.54, 1.807) is 6.33 Å². The van der Waals surface area contributed by atoms with Crippen LogP contribution in [0.2, 0.25) is 0 Å². The third-order valence-electron chi connectivity index (χ3n) is 4.11. The molecule has 1 aliphatic heterocycles. The number of rotatable bonds is 3. The van der Waals surface area contributed by atoms with Crippen molar-refractivity contribution in [1.82, 2.24) is 9.55 Å². The minimum Gasteiger partial charge on any atom is -0.300 e. The second-order valence-corrected chi connectivity index (χ2v) is 6.50. The molecule has 5 nitrogen and oxygen atoms in total. The van der Waals surface area contributed by atoms with Crippen molar-refractivity contribution in [2.75, 3.05) is 0 Å². The Morgan fingerprint density at radius 3 is 2.72 bits per heavy atom. The van der Waals surface area contributed by atoms with Gasteiger partial charge in [-0.05, 0) is 18.2 Å². The summed E-state index contributed by atoms with van der Waals surface area (Å²) in [6, 6.07) is 15.8. The van der Waals surface area contributed by atoms with Crippen LogP contribution >= 0.6 is 15.9 Å². The van der Waals surface area contributed by atoms with Crippen molar-refractivity contribution >= 4 is 33.7 Å². The molecule has 4 rings (SSSR count). The predicted octanol–water partition coefficient (Wildman–Crippen LogP) is 3.37. The lowest BCUT2D eigenvalue weighted by Crippen LogP contribution is -2.07. The molecule has 0 atom stereocenters. The number of aldehydes is 1. The van der Waals surface area contributed by atoms with E-state index in [2.05, 4.69) is 20.9 Å². The molecule has 0 saturated carbocycles. The standard InChI is InChI=1S/C19H12BrN3O2/c20-13-6-7-15-14(8-13)18(12-4-2-1-3-5-12)21-9-16-19(17(25)10-24)22-11-23(15)16/h1-8,10-11H,9H2. The molecular weight excluding hydrogens is 382 g/mol. The second-order valence-electron chi connectivity index (χ2n) is 5.58. The average Bonchev–Trinajstić information content (AvgIpc) is 2.99. The zero-order valence-corrected chi connectivity index (χ0v) is 14.6. The molecule has 0 amide bonds.